The van der Waals surface area contributed by atoms with Crippen molar-refractivity contribution in [3.05, 3.63) is 24.3 Å². The highest BCUT2D eigenvalue weighted by Crippen LogP contribution is 2.02. The van der Waals surface area contributed by atoms with Crippen molar-refractivity contribution >= 4 is 11.8 Å². The molecule has 1 aliphatic rings. The topological polar surface area (TPSA) is 12.0 Å². The van der Waals surface area contributed by atoms with Gasteiger partial charge in [0.25, 0.3) is 0 Å². The van der Waals surface area contributed by atoms with Gasteiger partial charge in [0.1, 0.15) is 0 Å². The summed E-state index contributed by atoms with van der Waals surface area (Å²) in [5.74, 6) is 2.43. The van der Waals surface area contributed by atoms with Crippen LogP contribution in [0, 0.1) is 0 Å². The van der Waals surface area contributed by atoms with Crippen LogP contribution in [0.15, 0.2) is 24.3 Å². The van der Waals surface area contributed by atoms with E-state index < -0.39 is 0 Å². The number of rotatable bonds is 0. The van der Waals surface area contributed by atoms with Crippen molar-refractivity contribution in [2.45, 2.75) is 6.42 Å². The fraction of sp³-hybridized carbons (Fsp3) is 0.556. The van der Waals surface area contributed by atoms with Crippen molar-refractivity contribution < 1.29 is 0 Å². The van der Waals surface area contributed by atoms with E-state index >= 15 is 0 Å². The van der Waals surface area contributed by atoms with Crippen molar-refractivity contribution in [1.29, 1.82) is 0 Å². The minimum atomic E-state index is 1.01. The lowest BCUT2D eigenvalue weighted by molar-refractivity contribution is 0.734. The number of allylic oxidation sites excluding steroid dienone is 2. The first-order valence-corrected chi connectivity index (χ1v) is 5.26. The average molecular weight is 169 g/mol. The molecule has 0 spiro atoms. The predicted molar refractivity (Wildman–Crippen MR) is 53.1 cm³/mol. The molecule has 1 nitrogen and oxygen atoms in total. The molecule has 0 aromatic heterocycles. The maximum atomic E-state index is 3.35. The molecule has 2 heteroatoms. The van der Waals surface area contributed by atoms with E-state index in [1.165, 1.54) is 12.2 Å². The van der Waals surface area contributed by atoms with Crippen molar-refractivity contribution in [3.8, 4) is 0 Å². The van der Waals surface area contributed by atoms with E-state index in [0.29, 0.717) is 0 Å². The predicted octanol–water partition coefficient (Wildman–Crippen LogP) is 1.83. The molecule has 0 radical (unpaired) electrons. The van der Waals surface area contributed by atoms with Gasteiger partial charge in [0, 0.05) is 12.3 Å². The SMILES string of the molecule is C1=C\CNCCCSC\C=C/1. The highest BCUT2D eigenvalue weighted by atomic mass is 32.2. The second kappa shape index (κ2) is 6.50. The van der Waals surface area contributed by atoms with Crippen LogP contribution in [0.4, 0.5) is 0 Å². The van der Waals surface area contributed by atoms with Crippen molar-refractivity contribution in [2.24, 2.45) is 0 Å². The van der Waals surface area contributed by atoms with Gasteiger partial charge in [-0.2, -0.15) is 11.8 Å². The zero-order valence-electron chi connectivity index (χ0n) is 6.75. The molecule has 11 heavy (non-hydrogen) atoms. The van der Waals surface area contributed by atoms with Crippen LogP contribution >= 0.6 is 11.8 Å². The highest BCUT2D eigenvalue weighted by Gasteiger charge is 1.87. The Morgan fingerprint density at radius 3 is 3.09 bits per heavy atom. The first-order valence-electron chi connectivity index (χ1n) is 4.10. The lowest BCUT2D eigenvalue weighted by Crippen LogP contribution is -2.15. The Labute approximate surface area is 72.9 Å². The molecule has 0 saturated carbocycles. The molecule has 0 atom stereocenters. The van der Waals surface area contributed by atoms with Crippen molar-refractivity contribution in [2.75, 3.05) is 24.6 Å². The molecule has 1 aliphatic heterocycles. The van der Waals surface area contributed by atoms with Gasteiger partial charge < -0.3 is 5.32 Å². The van der Waals surface area contributed by atoms with E-state index in [0.717, 1.165) is 18.8 Å². The Morgan fingerprint density at radius 1 is 1.18 bits per heavy atom. The Bertz CT molecular complexity index is 124. The van der Waals surface area contributed by atoms with Gasteiger partial charge >= 0.3 is 0 Å². The van der Waals surface area contributed by atoms with E-state index in [9.17, 15) is 0 Å². The largest absolute Gasteiger partial charge is 0.313 e. The zero-order valence-corrected chi connectivity index (χ0v) is 7.57. The summed E-state index contributed by atoms with van der Waals surface area (Å²) >= 11 is 2.00. The van der Waals surface area contributed by atoms with E-state index in [4.69, 9.17) is 0 Å². The molecule has 0 amide bonds. The minimum Gasteiger partial charge on any atom is -0.313 e. The summed E-state index contributed by atoms with van der Waals surface area (Å²) in [6, 6.07) is 0. The molecule has 0 unspecified atom stereocenters. The summed E-state index contributed by atoms with van der Waals surface area (Å²) < 4.78 is 0. The smallest absolute Gasteiger partial charge is 0.0137 e. The number of nitrogens with one attached hydrogen (secondary N) is 1. The summed E-state index contributed by atoms with van der Waals surface area (Å²) in [4.78, 5) is 0. The van der Waals surface area contributed by atoms with Crippen LogP contribution in [0.2, 0.25) is 0 Å². The van der Waals surface area contributed by atoms with Gasteiger partial charge in [-0.15, -0.1) is 0 Å². The monoisotopic (exact) mass is 169 g/mol. The van der Waals surface area contributed by atoms with Gasteiger partial charge in [0.15, 0.2) is 0 Å². The molecule has 1 rings (SSSR count). The van der Waals surface area contributed by atoms with E-state index in [1.807, 2.05) is 11.8 Å². The molecule has 62 valence electrons. The first-order chi connectivity index (χ1) is 5.50. The van der Waals surface area contributed by atoms with Crippen LogP contribution < -0.4 is 5.32 Å². The minimum absolute atomic E-state index is 1.01. The number of hydrogen-bond donors (Lipinski definition) is 1. The Hall–Kier alpha value is -0.210. The standard InChI is InChI=1S/C9H15NS/c1-2-4-8-11-9-5-7-10-6-3-1/h1-4,10H,5-9H2/b3-1-,4-2-. The maximum absolute atomic E-state index is 3.35. The van der Waals surface area contributed by atoms with Crippen LogP contribution in [0.1, 0.15) is 6.42 Å². The molecule has 1 N–H and O–H groups in total. The number of thioether (sulfide) groups is 1. The highest BCUT2D eigenvalue weighted by molar-refractivity contribution is 7.99. The summed E-state index contributed by atoms with van der Waals surface area (Å²) in [6.07, 6.45) is 9.89. The van der Waals surface area contributed by atoms with Crippen LogP contribution in [0.25, 0.3) is 0 Å². The number of hydrogen-bond acceptors (Lipinski definition) is 2. The van der Waals surface area contributed by atoms with E-state index in [2.05, 4.69) is 29.6 Å². The molecular weight excluding hydrogens is 154 g/mol. The Morgan fingerprint density at radius 2 is 2.09 bits per heavy atom. The summed E-state index contributed by atoms with van der Waals surface area (Å²) in [5, 5.41) is 3.35. The van der Waals surface area contributed by atoms with Crippen LogP contribution in [-0.4, -0.2) is 24.6 Å². The zero-order chi connectivity index (χ0) is 7.78. The lowest BCUT2D eigenvalue weighted by atomic mass is 10.4. The first kappa shape index (κ1) is 8.88. The van der Waals surface area contributed by atoms with E-state index in [-0.39, 0.29) is 0 Å². The molecule has 0 aromatic carbocycles. The fourth-order valence-corrected chi connectivity index (χ4v) is 1.68. The van der Waals surface area contributed by atoms with Crippen LogP contribution in [0.3, 0.4) is 0 Å². The Balaban J connectivity index is 2.22. The average Bonchev–Trinajstić information content (AvgIpc) is 2.08. The molecule has 0 bridgehead atoms. The lowest BCUT2D eigenvalue weighted by Gasteiger charge is -1.99. The van der Waals surface area contributed by atoms with Gasteiger partial charge in [-0.05, 0) is 18.7 Å². The van der Waals surface area contributed by atoms with Gasteiger partial charge in [-0.25, -0.2) is 0 Å². The van der Waals surface area contributed by atoms with Crippen molar-refractivity contribution in [3.63, 3.8) is 0 Å². The summed E-state index contributed by atoms with van der Waals surface area (Å²) in [7, 11) is 0. The molecule has 0 saturated heterocycles. The maximum Gasteiger partial charge on any atom is 0.0137 e. The molecule has 1 heterocycles. The van der Waals surface area contributed by atoms with Crippen molar-refractivity contribution in [1.82, 2.24) is 5.32 Å². The second-order valence-corrected chi connectivity index (χ2v) is 3.64. The van der Waals surface area contributed by atoms with Gasteiger partial charge in [-0.3, -0.25) is 0 Å². The van der Waals surface area contributed by atoms with Crippen LogP contribution in [0.5, 0.6) is 0 Å². The third-order valence-electron chi connectivity index (χ3n) is 1.50. The summed E-state index contributed by atoms with van der Waals surface area (Å²) in [5.41, 5.74) is 0. The third-order valence-corrected chi connectivity index (χ3v) is 2.51. The molecule has 0 fully saturated rings. The van der Waals surface area contributed by atoms with Crippen LogP contribution in [-0.2, 0) is 0 Å². The molecule has 0 aliphatic carbocycles. The second-order valence-electron chi connectivity index (χ2n) is 2.49. The van der Waals surface area contributed by atoms with E-state index in [1.54, 1.807) is 0 Å². The van der Waals surface area contributed by atoms with Gasteiger partial charge in [0.2, 0.25) is 0 Å². The quantitative estimate of drug-likeness (QED) is 0.593. The third kappa shape index (κ3) is 5.10. The normalized spacial score (nSPS) is 26.9. The molecule has 0 aromatic rings. The van der Waals surface area contributed by atoms with Gasteiger partial charge in [-0.1, -0.05) is 24.3 Å². The Kier molecular flexibility index (Phi) is 5.25. The fourth-order valence-electron chi connectivity index (χ4n) is 0.917. The summed E-state index contributed by atoms with van der Waals surface area (Å²) in [6.45, 7) is 2.16. The van der Waals surface area contributed by atoms with Gasteiger partial charge in [0.05, 0.1) is 0 Å². The molecular formula is C9H15NS.